The molecule has 0 aromatic heterocycles. The summed E-state index contributed by atoms with van der Waals surface area (Å²) >= 11 is 0. The summed E-state index contributed by atoms with van der Waals surface area (Å²) in [6, 6.07) is 0. The Balaban J connectivity index is 3.84. The van der Waals surface area contributed by atoms with Crippen LogP contribution < -0.4 is 11.3 Å². The molecule has 0 rings (SSSR count). The van der Waals surface area contributed by atoms with Crippen LogP contribution in [-0.4, -0.2) is 5.91 Å². The molecule has 0 aromatic carbocycles. The van der Waals surface area contributed by atoms with Gasteiger partial charge in [0.25, 0.3) is 0 Å². The molecule has 0 spiro atoms. The van der Waals surface area contributed by atoms with Gasteiger partial charge < -0.3 is 0 Å². The van der Waals surface area contributed by atoms with Crippen molar-refractivity contribution >= 4 is 5.91 Å². The van der Waals surface area contributed by atoms with Crippen molar-refractivity contribution in [3.8, 4) is 0 Å². The van der Waals surface area contributed by atoms with Crippen molar-refractivity contribution in [2.75, 3.05) is 0 Å². The largest absolute Gasteiger partial charge is 0.294 e. The van der Waals surface area contributed by atoms with Gasteiger partial charge in [0.15, 0.2) is 0 Å². The van der Waals surface area contributed by atoms with Gasteiger partial charge in [-0.2, -0.15) is 0 Å². The first kappa shape index (κ1) is 10.4. The van der Waals surface area contributed by atoms with Crippen LogP contribution in [0, 0.1) is 11.8 Å². The molecule has 0 aromatic rings. The zero-order valence-electron chi connectivity index (χ0n) is 7.55. The van der Waals surface area contributed by atoms with E-state index in [0.717, 1.165) is 12.8 Å². The topological polar surface area (TPSA) is 55.1 Å². The third-order valence-corrected chi connectivity index (χ3v) is 1.76. The highest BCUT2D eigenvalue weighted by atomic mass is 16.2. The molecule has 0 fully saturated rings. The van der Waals surface area contributed by atoms with E-state index in [9.17, 15) is 4.79 Å². The summed E-state index contributed by atoms with van der Waals surface area (Å²) in [4.78, 5) is 11.0. The highest BCUT2D eigenvalue weighted by Crippen LogP contribution is 2.14. The molecule has 1 unspecified atom stereocenters. The summed E-state index contributed by atoms with van der Waals surface area (Å²) in [5, 5.41) is 0. The number of hydrogen-bond acceptors (Lipinski definition) is 2. The third kappa shape index (κ3) is 3.98. The van der Waals surface area contributed by atoms with Gasteiger partial charge in [0.05, 0.1) is 0 Å². The van der Waals surface area contributed by atoms with Gasteiger partial charge in [0.2, 0.25) is 5.91 Å². The summed E-state index contributed by atoms with van der Waals surface area (Å²) in [6.45, 7) is 6.21. The fraction of sp³-hybridized carbons (Fsp3) is 0.875. The Morgan fingerprint density at radius 3 is 2.36 bits per heavy atom. The van der Waals surface area contributed by atoms with E-state index in [1.165, 1.54) is 0 Å². The second-order valence-electron chi connectivity index (χ2n) is 3.24. The summed E-state index contributed by atoms with van der Waals surface area (Å²) in [6.07, 6.45) is 1.78. The fourth-order valence-corrected chi connectivity index (χ4v) is 1.15. The summed E-state index contributed by atoms with van der Waals surface area (Å²) in [5.41, 5.74) is 2.18. The molecule has 0 radical (unpaired) electrons. The molecule has 0 aliphatic rings. The number of carbonyl (C=O) groups excluding carboxylic acids is 1. The molecule has 0 saturated carbocycles. The van der Waals surface area contributed by atoms with E-state index in [4.69, 9.17) is 5.84 Å². The van der Waals surface area contributed by atoms with Crippen LogP contribution in [0.1, 0.15) is 33.6 Å². The van der Waals surface area contributed by atoms with E-state index < -0.39 is 0 Å². The maximum absolute atomic E-state index is 11.0. The predicted octanol–water partition coefficient (Wildman–Crippen LogP) is 1.05. The minimum atomic E-state index is -0.0406. The van der Waals surface area contributed by atoms with Crippen LogP contribution in [0.15, 0.2) is 0 Å². The SMILES string of the molecule is CCC(CC(C)C)C(=O)NN. The molecule has 0 bridgehead atoms. The third-order valence-electron chi connectivity index (χ3n) is 1.76. The lowest BCUT2D eigenvalue weighted by Gasteiger charge is -2.14. The smallest absolute Gasteiger partial charge is 0.236 e. The molecular formula is C8H18N2O. The van der Waals surface area contributed by atoms with E-state index in [-0.39, 0.29) is 11.8 Å². The summed E-state index contributed by atoms with van der Waals surface area (Å²) < 4.78 is 0. The molecule has 3 nitrogen and oxygen atoms in total. The van der Waals surface area contributed by atoms with Crippen molar-refractivity contribution in [3.63, 3.8) is 0 Å². The van der Waals surface area contributed by atoms with Gasteiger partial charge in [-0.05, 0) is 18.8 Å². The second kappa shape index (κ2) is 5.13. The van der Waals surface area contributed by atoms with Crippen LogP contribution in [0.2, 0.25) is 0 Å². The molecule has 0 aliphatic heterocycles. The second-order valence-corrected chi connectivity index (χ2v) is 3.24. The van der Waals surface area contributed by atoms with Crippen molar-refractivity contribution in [3.05, 3.63) is 0 Å². The molecule has 3 heteroatoms. The molecule has 1 atom stereocenters. The number of hydrogen-bond donors (Lipinski definition) is 2. The van der Waals surface area contributed by atoms with E-state index in [0.29, 0.717) is 5.92 Å². The van der Waals surface area contributed by atoms with E-state index >= 15 is 0 Å². The number of rotatable bonds is 4. The van der Waals surface area contributed by atoms with Crippen molar-refractivity contribution in [1.29, 1.82) is 0 Å². The van der Waals surface area contributed by atoms with E-state index in [2.05, 4.69) is 19.3 Å². The Labute approximate surface area is 68.3 Å². The average Bonchev–Trinajstić information content (AvgIpc) is 1.98. The van der Waals surface area contributed by atoms with Crippen molar-refractivity contribution in [2.45, 2.75) is 33.6 Å². The molecule has 3 N–H and O–H groups in total. The Morgan fingerprint density at radius 1 is 1.55 bits per heavy atom. The standard InChI is InChI=1S/C8H18N2O/c1-4-7(5-6(2)3)8(11)10-9/h6-7H,4-5,9H2,1-3H3,(H,10,11). The first-order valence-corrected chi connectivity index (χ1v) is 4.12. The van der Waals surface area contributed by atoms with Crippen LogP contribution in [0.3, 0.4) is 0 Å². The minimum absolute atomic E-state index is 0.0406. The lowest BCUT2D eigenvalue weighted by Crippen LogP contribution is -2.36. The summed E-state index contributed by atoms with van der Waals surface area (Å²) in [5.74, 6) is 5.62. The van der Waals surface area contributed by atoms with Gasteiger partial charge in [-0.1, -0.05) is 20.8 Å². The number of nitrogens with two attached hydrogens (primary N) is 1. The van der Waals surface area contributed by atoms with Crippen LogP contribution in [0.5, 0.6) is 0 Å². The number of hydrazine groups is 1. The maximum Gasteiger partial charge on any atom is 0.236 e. The lowest BCUT2D eigenvalue weighted by atomic mass is 9.94. The molecule has 0 aliphatic carbocycles. The molecule has 0 saturated heterocycles. The van der Waals surface area contributed by atoms with Crippen molar-refractivity contribution in [1.82, 2.24) is 5.43 Å². The van der Waals surface area contributed by atoms with Crippen LogP contribution in [0.4, 0.5) is 0 Å². The first-order valence-electron chi connectivity index (χ1n) is 4.12. The van der Waals surface area contributed by atoms with Crippen LogP contribution in [0.25, 0.3) is 0 Å². The van der Waals surface area contributed by atoms with Gasteiger partial charge in [0, 0.05) is 5.92 Å². The zero-order chi connectivity index (χ0) is 8.85. The fourth-order valence-electron chi connectivity index (χ4n) is 1.15. The van der Waals surface area contributed by atoms with Crippen molar-refractivity contribution < 1.29 is 4.79 Å². The quantitative estimate of drug-likeness (QED) is 0.365. The van der Waals surface area contributed by atoms with Gasteiger partial charge in [-0.25, -0.2) is 5.84 Å². The van der Waals surface area contributed by atoms with Crippen molar-refractivity contribution in [2.24, 2.45) is 17.7 Å². The lowest BCUT2D eigenvalue weighted by molar-refractivity contribution is -0.125. The first-order chi connectivity index (χ1) is 5.11. The molecular weight excluding hydrogens is 140 g/mol. The molecule has 1 amide bonds. The Bertz CT molecular complexity index is 123. The average molecular weight is 158 g/mol. The van der Waals surface area contributed by atoms with Gasteiger partial charge in [0.1, 0.15) is 0 Å². The number of carbonyl (C=O) groups is 1. The minimum Gasteiger partial charge on any atom is -0.294 e. The Hall–Kier alpha value is -0.570. The Kier molecular flexibility index (Phi) is 4.86. The molecule has 11 heavy (non-hydrogen) atoms. The molecule has 0 heterocycles. The Morgan fingerprint density at radius 2 is 2.09 bits per heavy atom. The maximum atomic E-state index is 11.0. The number of amides is 1. The summed E-state index contributed by atoms with van der Waals surface area (Å²) in [7, 11) is 0. The number of nitrogens with one attached hydrogen (secondary N) is 1. The van der Waals surface area contributed by atoms with Gasteiger partial charge >= 0.3 is 0 Å². The van der Waals surface area contributed by atoms with E-state index in [1.807, 2.05) is 6.92 Å². The zero-order valence-corrected chi connectivity index (χ0v) is 7.55. The van der Waals surface area contributed by atoms with Gasteiger partial charge in [-0.3, -0.25) is 10.2 Å². The highest BCUT2D eigenvalue weighted by Gasteiger charge is 2.15. The van der Waals surface area contributed by atoms with Crippen LogP contribution in [-0.2, 0) is 4.79 Å². The van der Waals surface area contributed by atoms with Gasteiger partial charge in [-0.15, -0.1) is 0 Å². The van der Waals surface area contributed by atoms with E-state index in [1.54, 1.807) is 0 Å². The normalized spacial score (nSPS) is 13.2. The monoisotopic (exact) mass is 158 g/mol. The highest BCUT2D eigenvalue weighted by molar-refractivity contribution is 5.77. The van der Waals surface area contributed by atoms with Crippen LogP contribution >= 0.6 is 0 Å². The molecule has 66 valence electrons. The predicted molar refractivity (Wildman–Crippen MR) is 45.6 cm³/mol.